The van der Waals surface area contributed by atoms with Gasteiger partial charge in [0.2, 0.25) is 0 Å². The Bertz CT molecular complexity index is 827. The molecule has 23 heavy (non-hydrogen) atoms. The lowest BCUT2D eigenvalue weighted by Gasteiger charge is -2.08. The van der Waals surface area contributed by atoms with Crippen LogP contribution in [0.15, 0.2) is 30.6 Å². The lowest BCUT2D eigenvalue weighted by Crippen LogP contribution is -2.11. The second-order valence-corrected chi connectivity index (χ2v) is 6.07. The molecular weight excluding hydrogens is 329 g/mol. The number of fused-ring (bicyclic) bond motifs is 1. The summed E-state index contributed by atoms with van der Waals surface area (Å²) in [6, 6.07) is 3.46. The Morgan fingerprint density at radius 2 is 2.17 bits per heavy atom. The highest BCUT2D eigenvalue weighted by Crippen LogP contribution is 2.34. The molecule has 1 unspecified atom stereocenters. The lowest BCUT2D eigenvalue weighted by atomic mass is 10.2. The monoisotopic (exact) mass is 342 g/mol. The van der Waals surface area contributed by atoms with Crippen molar-refractivity contribution in [1.82, 2.24) is 14.8 Å². The molecule has 0 spiro atoms. The molecule has 0 bridgehead atoms. The van der Waals surface area contributed by atoms with Gasteiger partial charge in [0.1, 0.15) is 0 Å². The number of benzene rings is 1. The summed E-state index contributed by atoms with van der Waals surface area (Å²) in [4.78, 5) is 4.13. The molecule has 0 saturated heterocycles. The number of aliphatic hydroxyl groups is 1. The van der Waals surface area contributed by atoms with E-state index in [4.69, 9.17) is 0 Å². The zero-order valence-electron chi connectivity index (χ0n) is 12.0. The zero-order chi connectivity index (χ0) is 16.6. The number of aliphatic hydroxyl groups excluding tert-OH is 1. The fourth-order valence-electron chi connectivity index (χ4n) is 2.09. The van der Waals surface area contributed by atoms with Crippen LogP contribution in [0.25, 0.3) is 10.2 Å². The summed E-state index contributed by atoms with van der Waals surface area (Å²) in [5.41, 5.74) is 0.209. The van der Waals surface area contributed by atoms with Gasteiger partial charge in [-0.3, -0.25) is 4.68 Å². The Labute approximate surface area is 133 Å². The Hall–Kier alpha value is -2.13. The molecule has 2 aromatic heterocycles. The van der Waals surface area contributed by atoms with Gasteiger partial charge in [0.15, 0.2) is 5.13 Å². The standard InChI is InChI=1S/C14H13F3N4OS/c1-21-7-8(5-19-21)11(22)6-18-13-20-10-4-9(14(15,16)17)2-3-12(10)23-13/h2-5,7,11,22H,6H2,1H3,(H,18,20). The maximum atomic E-state index is 12.7. The molecule has 0 aliphatic heterocycles. The van der Waals surface area contributed by atoms with Gasteiger partial charge in [-0.15, -0.1) is 0 Å². The topological polar surface area (TPSA) is 63.0 Å². The van der Waals surface area contributed by atoms with Crippen LogP contribution in [0.3, 0.4) is 0 Å². The number of rotatable bonds is 4. The molecule has 3 rings (SSSR count). The number of aryl methyl sites for hydroxylation is 1. The number of halogens is 3. The number of alkyl halides is 3. The van der Waals surface area contributed by atoms with Gasteiger partial charge < -0.3 is 10.4 Å². The van der Waals surface area contributed by atoms with Gasteiger partial charge in [-0.2, -0.15) is 18.3 Å². The summed E-state index contributed by atoms with van der Waals surface area (Å²) in [7, 11) is 1.75. The Morgan fingerprint density at radius 1 is 1.39 bits per heavy atom. The van der Waals surface area contributed by atoms with Crippen molar-refractivity contribution in [2.24, 2.45) is 7.05 Å². The first kappa shape index (κ1) is 15.8. The molecule has 0 amide bonds. The lowest BCUT2D eigenvalue weighted by molar-refractivity contribution is -0.137. The van der Waals surface area contributed by atoms with Crippen LogP contribution < -0.4 is 5.32 Å². The van der Waals surface area contributed by atoms with Crippen molar-refractivity contribution in [1.29, 1.82) is 0 Å². The molecule has 3 aromatic rings. The van der Waals surface area contributed by atoms with Crippen LogP contribution >= 0.6 is 11.3 Å². The van der Waals surface area contributed by atoms with Crippen LogP contribution in [-0.2, 0) is 13.2 Å². The van der Waals surface area contributed by atoms with E-state index in [1.54, 1.807) is 24.1 Å². The third kappa shape index (κ3) is 3.45. The number of hydrogen-bond acceptors (Lipinski definition) is 5. The van der Waals surface area contributed by atoms with Crippen molar-refractivity contribution in [2.45, 2.75) is 12.3 Å². The van der Waals surface area contributed by atoms with Crippen molar-refractivity contribution >= 4 is 26.7 Å². The summed E-state index contributed by atoms with van der Waals surface area (Å²) in [5.74, 6) is 0. The van der Waals surface area contributed by atoms with Crippen LogP contribution in [0.2, 0.25) is 0 Å². The summed E-state index contributed by atoms with van der Waals surface area (Å²) in [6.07, 6.45) is -1.91. The fraction of sp³-hybridized carbons (Fsp3) is 0.286. The molecule has 2 heterocycles. The van der Waals surface area contributed by atoms with E-state index in [0.717, 1.165) is 12.1 Å². The maximum Gasteiger partial charge on any atom is 0.416 e. The number of nitrogens with one attached hydrogen (secondary N) is 1. The highest BCUT2D eigenvalue weighted by atomic mass is 32.1. The number of nitrogens with zero attached hydrogens (tertiary/aromatic N) is 3. The molecule has 0 fully saturated rings. The van der Waals surface area contributed by atoms with Gasteiger partial charge in [0.05, 0.1) is 28.1 Å². The molecule has 2 N–H and O–H groups in total. The van der Waals surface area contributed by atoms with Gasteiger partial charge in [-0.25, -0.2) is 4.98 Å². The minimum Gasteiger partial charge on any atom is -0.386 e. The average Bonchev–Trinajstić information content (AvgIpc) is 3.08. The predicted molar refractivity (Wildman–Crippen MR) is 81.3 cm³/mol. The molecule has 0 aliphatic carbocycles. The molecule has 9 heteroatoms. The van der Waals surface area contributed by atoms with Gasteiger partial charge >= 0.3 is 6.18 Å². The van der Waals surface area contributed by atoms with E-state index >= 15 is 0 Å². The van der Waals surface area contributed by atoms with E-state index in [2.05, 4.69) is 15.4 Å². The summed E-state index contributed by atoms with van der Waals surface area (Å²) in [6.45, 7) is 0.192. The molecule has 122 valence electrons. The first-order valence-electron chi connectivity index (χ1n) is 6.71. The van der Waals surface area contributed by atoms with E-state index in [1.807, 2.05) is 0 Å². The minimum absolute atomic E-state index is 0.192. The molecule has 0 radical (unpaired) electrons. The van der Waals surface area contributed by atoms with E-state index in [9.17, 15) is 18.3 Å². The molecule has 1 atom stereocenters. The highest BCUT2D eigenvalue weighted by molar-refractivity contribution is 7.22. The van der Waals surface area contributed by atoms with Gasteiger partial charge in [-0.1, -0.05) is 11.3 Å². The smallest absolute Gasteiger partial charge is 0.386 e. The van der Waals surface area contributed by atoms with Crippen molar-refractivity contribution in [3.63, 3.8) is 0 Å². The molecule has 5 nitrogen and oxygen atoms in total. The second-order valence-electron chi connectivity index (χ2n) is 5.04. The highest BCUT2D eigenvalue weighted by Gasteiger charge is 2.30. The average molecular weight is 342 g/mol. The van der Waals surface area contributed by atoms with Crippen LogP contribution in [0.1, 0.15) is 17.2 Å². The normalized spacial score (nSPS) is 13.4. The van der Waals surface area contributed by atoms with Crippen LogP contribution in [0.5, 0.6) is 0 Å². The van der Waals surface area contributed by atoms with E-state index in [0.29, 0.717) is 15.4 Å². The fourth-order valence-corrected chi connectivity index (χ4v) is 2.95. The summed E-state index contributed by atoms with van der Waals surface area (Å²) in [5, 5.41) is 17.4. The Kier molecular flexibility index (Phi) is 3.99. The molecule has 0 aliphatic rings. The van der Waals surface area contributed by atoms with Gasteiger partial charge in [0.25, 0.3) is 0 Å². The van der Waals surface area contributed by atoms with Gasteiger partial charge in [-0.05, 0) is 18.2 Å². The van der Waals surface area contributed by atoms with E-state index in [-0.39, 0.29) is 12.1 Å². The van der Waals surface area contributed by atoms with Crippen LogP contribution in [0.4, 0.5) is 18.3 Å². The van der Waals surface area contributed by atoms with Crippen molar-refractivity contribution in [3.8, 4) is 0 Å². The first-order valence-corrected chi connectivity index (χ1v) is 7.53. The molecule has 1 aromatic carbocycles. The number of thiazole rings is 1. The summed E-state index contributed by atoms with van der Waals surface area (Å²) >= 11 is 1.24. The van der Waals surface area contributed by atoms with Crippen molar-refractivity contribution in [3.05, 3.63) is 41.7 Å². The number of anilines is 1. The minimum atomic E-state index is -4.39. The second kappa shape index (κ2) is 5.82. The van der Waals surface area contributed by atoms with Crippen molar-refractivity contribution in [2.75, 3.05) is 11.9 Å². The maximum absolute atomic E-state index is 12.7. The predicted octanol–water partition coefficient (Wildman–Crippen LogP) is 3.19. The SMILES string of the molecule is Cn1cc(C(O)CNc2nc3cc(C(F)(F)F)ccc3s2)cn1. The Morgan fingerprint density at radius 3 is 2.83 bits per heavy atom. The third-order valence-electron chi connectivity index (χ3n) is 3.27. The van der Waals surface area contributed by atoms with Crippen LogP contribution in [-0.4, -0.2) is 26.4 Å². The van der Waals surface area contributed by atoms with Crippen LogP contribution in [0, 0.1) is 0 Å². The van der Waals surface area contributed by atoms with E-state index in [1.165, 1.54) is 17.4 Å². The first-order chi connectivity index (χ1) is 10.8. The molecular formula is C14H13F3N4OS. The van der Waals surface area contributed by atoms with Gasteiger partial charge in [0, 0.05) is 25.4 Å². The number of hydrogen-bond donors (Lipinski definition) is 2. The largest absolute Gasteiger partial charge is 0.416 e. The zero-order valence-corrected chi connectivity index (χ0v) is 12.8. The molecule has 0 saturated carbocycles. The third-order valence-corrected chi connectivity index (χ3v) is 4.27. The van der Waals surface area contributed by atoms with E-state index < -0.39 is 17.8 Å². The Balaban J connectivity index is 1.73. The number of aromatic nitrogens is 3. The summed E-state index contributed by atoms with van der Waals surface area (Å²) < 4.78 is 40.3. The quantitative estimate of drug-likeness (QED) is 0.764. The van der Waals surface area contributed by atoms with Crippen molar-refractivity contribution < 1.29 is 18.3 Å².